The number of hydrogen-bond donors (Lipinski definition) is 0. The van der Waals surface area contributed by atoms with E-state index in [4.69, 9.17) is 10.5 Å². The average molecular weight is 222 g/mol. The topological polar surface area (TPSA) is 129 Å². The fourth-order valence-electron chi connectivity index (χ4n) is 0.0794. The van der Waals surface area contributed by atoms with Crippen molar-refractivity contribution >= 4 is 0 Å². The molecule has 0 heterocycles. The van der Waals surface area contributed by atoms with E-state index in [-0.39, 0.29) is 59.1 Å². The molecule has 68 valence electrons. The zero-order valence-electron chi connectivity index (χ0n) is 6.49. The van der Waals surface area contributed by atoms with E-state index in [2.05, 4.69) is 45.3 Å². The maximum atomic E-state index is 8.92. The summed E-state index contributed by atoms with van der Waals surface area (Å²) in [5.41, 5.74) is 0. The molecule has 13 heavy (non-hydrogen) atoms. The van der Waals surface area contributed by atoms with Crippen LogP contribution < -0.4 is 69.6 Å². The van der Waals surface area contributed by atoms with E-state index in [1.807, 2.05) is 0 Å². The number of hydrogen-bond acceptors (Lipinski definition) is 11. The number of rotatable bonds is 8. The van der Waals surface area contributed by atoms with E-state index in [1.54, 1.807) is 0 Å². The Morgan fingerprint density at radius 2 is 0.692 bits per heavy atom. The molecule has 0 fully saturated rings. The van der Waals surface area contributed by atoms with E-state index >= 15 is 0 Å². The molecule has 0 aromatic carbocycles. The zero-order valence-corrected chi connectivity index (χ0v) is 10.5. The molecule has 0 saturated carbocycles. The van der Waals surface area contributed by atoms with E-state index in [0.717, 1.165) is 0 Å². The summed E-state index contributed by atoms with van der Waals surface area (Å²) in [6, 6.07) is 0. The molecule has 0 rings (SSSR count). The monoisotopic (exact) mass is 222 g/mol. The summed E-state index contributed by atoms with van der Waals surface area (Å²) >= 11 is 0. The summed E-state index contributed by atoms with van der Waals surface area (Å²) in [6.07, 6.45) is 0. The quantitative estimate of drug-likeness (QED) is 0.168. The first-order valence-electron chi connectivity index (χ1n) is 1.67. The maximum absolute atomic E-state index is 8.92. The summed E-state index contributed by atoms with van der Waals surface area (Å²) in [5, 5.41) is 45.5. The Hall–Kier alpha value is 1.56. The molecule has 0 aromatic rings. The van der Waals surface area contributed by atoms with Crippen molar-refractivity contribution in [2.75, 3.05) is 0 Å². The van der Waals surface area contributed by atoms with Crippen LogP contribution in [-0.2, 0) is 45.3 Å². The third kappa shape index (κ3) is 19.8. The van der Waals surface area contributed by atoms with E-state index in [0.29, 0.717) is 0 Å². The molecule has 0 radical (unpaired) electrons. The van der Waals surface area contributed by atoms with Gasteiger partial charge in [0, 0.05) is 0 Å². The molecule has 13 heteroatoms. The Morgan fingerprint density at radius 1 is 0.462 bits per heavy atom. The van der Waals surface area contributed by atoms with Crippen molar-refractivity contribution in [1.29, 1.82) is 0 Å². The Kier molecular flexibility index (Phi) is 29.6. The van der Waals surface area contributed by atoms with Crippen molar-refractivity contribution in [3.63, 3.8) is 0 Å². The molecule has 0 aliphatic carbocycles. The minimum Gasteiger partial charge on any atom is -0.689 e. The molecule has 0 aliphatic rings. The standard InChI is InChI=1S/2Na.H2O11/c;;1-3-5-7-9-11-10-8-6-4-2/h;;1-2H/q2*+1;/p-2. The molecular weight excluding hydrogens is 222 g/mol. The fourth-order valence-corrected chi connectivity index (χ4v) is 0.0794. The molecular formula is Na2O11. The first-order valence-corrected chi connectivity index (χ1v) is 1.67. The Bertz CT molecular complexity index is 57.1. The zero-order chi connectivity index (χ0) is 8.36. The molecule has 0 atom stereocenters. The normalized spacial score (nSPS) is 8.77. The second kappa shape index (κ2) is 19.2. The third-order valence-corrected chi connectivity index (χ3v) is 0.222. The smallest absolute Gasteiger partial charge is 0.689 e. The van der Waals surface area contributed by atoms with Crippen molar-refractivity contribution < 1.29 is 115 Å². The summed E-state index contributed by atoms with van der Waals surface area (Å²) < 4.78 is 0. The Balaban J connectivity index is -0.000000500. The van der Waals surface area contributed by atoms with Gasteiger partial charge >= 0.3 is 59.1 Å². The van der Waals surface area contributed by atoms with Gasteiger partial charge in [-0.1, -0.05) is 0 Å². The Labute approximate surface area is 114 Å². The van der Waals surface area contributed by atoms with Crippen LogP contribution in [0.5, 0.6) is 0 Å². The first-order chi connectivity index (χ1) is 5.41. The maximum Gasteiger partial charge on any atom is 1.00 e. The van der Waals surface area contributed by atoms with Gasteiger partial charge in [0.05, 0.1) is 0 Å². The summed E-state index contributed by atoms with van der Waals surface area (Å²) in [4.78, 5) is 0. The molecule has 0 unspecified atom stereocenters. The van der Waals surface area contributed by atoms with Crippen molar-refractivity contribution in [2.45, 2.75) is 0 Å². The van der Waals surface area contributed by atoms with Gasteiger partial charge < -0.3 is 10.5 Å². The van der Waals surface area contributed by atoms with Crippen LogP contribution in [-0.4, -0.2) is 0 Å². The predicted octanol–water partition coefficient (Wildman–Crippen LogP) is -8.99. The minimum atomic E-state index is 0. The SMILES string of the molecule is [Na+].[Na+].[O-]OOOOOOOOO[O-]. The van der Waals surface area contributed by atoms with Crippen molar-refractivity contribution in [2.24, 2.45) is 0 Å². The van der Waals surface area contributed by atoms with Gasteiger partial charge in [-0.05, 0) is 35.3 Å². The van der Waals surface area contributed by atoms with Gasteiger partial charge in [0.25, 0.3) is 0 Å². The van der Waals surface area contributed by atoms with Crippen molar-refractivity contribution in [3.8, 4) is 0 Å². The molecule has 0 saturated heterocycles. The van der Waals surface area contributed by atoms with Crippen LogP contribution in [0.2, 0.25) is 0 Å². The fraction of sp³-hybridized carbons (Fsp3) is 0. The van der Waals surface area contributed by atoms with Gasteiger partial charge in [0.15, 0.2) is 0 Å². The summed E-state index contributed by atoms with van der Waals surface area (Å²) in [6.45, 7) is 0. The van der Waals surface area contributed by atoms with Crippen LogP contribution in [0.1, 0.15) is 0 Å². The van der Waals surface area contributed by atoms with Crippen molar-refractivity contribution in [1.82, 2.24) is 0 Å². The van der Waals surface area contributed by atoms with E-state index in [9.17, 15) is 0 Å². The first kappa shape index (κ1) is 20.0. The van der Waals surface area contributed by atoms with Crippen LogP contribution in [0.4, 0.5) is 0 Å². The summed E-state index contributed by atoms with van der Waals surface area (Å²) in [5.74, 6) is 0. The van der Waals surface area contributed by atoms with Gasteiger partial charge in [-0.15, -0.1) is 0 Å². The van der Waals surface area contributed by atoms with Crippen LogP contribution in [0.3, 0.4) is 0 Å². The van der Waals surface area contributed by atoms with Crippen LogP contribution in [0.15, 0.2) is 0 Å². The summed E-state index contributed by atoms with van der Waals surface area (Å²) in [7, 11) is 0. The minimum absolute atomic E-state index is 0. The molecule has 0 bridgehead atoms. The molecule has 0 amide bonds. The van der Waals surface area contributed by atoms with Crippen LogP contribution >= 0.6 is 0 Å². The molecule has 0 spiro atoms. The van der Waals surface area contributed by atoms with Crippen LogP contribution in [0.25, 0.3) is 0 Å². The van der Waals surface area contributed by atoms with Crippen LogP contribution in [0, 0.1) is 0 Å². The van der Waals surface area contributed by atoms with E-state index < -0.39 is 0 Å². The third-order valence-electron chi connectivity index (χ3n) is 0.222. The van der Waals surface area contributed by atoms with Gasteiger partial charge in [-0.25, -0.2) is 0 Å². The van der Waals surface area contributed by atoms with Gasteiger partial charge in [0.1, 0.15) is 0 Å². The van der Waals surface area contributed by atoms with Crippen molar-refractivity contribution in [3.05, 3.63) is 0 Å². The molecule has 11 nitrogen and oxygen atoms in total. The molecule has 0 aliphatic heterocycles. The second-order valence-electron chi connectivity index (χ2n) is 0.612. The molecule has 0 aromatic heterocycles. The van der Waals surface area contributed by atoms with Gasteiger partial charge in [0.2, 0.25) is 0 Å². The average Bonchev–Trinajstić information content (AvgIpc) is 2.03. The largest absolute Gasteiger partial charge is 1.00 e. The second-order valence-corrected chi connectivity index (χ2v) is 0.612. The Morgan fingerprint density at radius 3 is 0.923 bits per heavy atom. The van der Waals surface area contributed by atoms with E-state index in [1.165, 1.54) is 0 Å². The van der Waals surface area contributed by atoms with Gasteiger partial charge in [-0.3, -0.25) is 10.1 Å². The molecule has 0 N–H and O–H groups in total. The predicted molar refractivity (Wildman–Crippen MR) is 9.77 cm³/mol. The van der Waals surface area contributed by atoms with Gasteiger partial charge in [-0.2, -0.15) is 0 Å².